The summed E-state index contributed by atoms with van der Waals surface area (Å²) in [4.78, 5) is 18.4. The van der Waals surface area contributed by atoms with Gasteiger partial charge < -0.3 is 9.51 Å². The summed E-state index contributed by atoms with van der Waals surface area (Å²) in [5, 5.41) is 9.49. The maximum Gasteiger partial charge on any atom is 0.308 e. The molecule has 1 spiro atoms. The summed E-state index contributed by atoms with van der Waals surface area (Å²) < 4.78 is 3.02. The minimum Gasteiger partial charge on any atom is -0.481 e. The number of halogens is 1. The molecule has 0 amide bonds. The number of carbonyl (C=O) groups is 1. The largest absolute Gasteiger partial charge is 0.481 e. The first kappa shape index (κ1) is 14.2. The van der Waals surface area contributed by atoms with Gasteiger partial charge in [0.2, 0.25) is 0 Å². The zero-order valence-corrected chi connectivity index (χ0v) is 13.8. The van der Waals surface area contributed by atoms with Crippen LogP contribution in [0.4, 0.5) is 0 Å². The molecule has 22 heavy (non-hydrogen) atoms. The zero-order valence-electron chi connectivity index (χ0n) is 12.2. The lowest BCUT2D eigenvalue weighted by Crippen LogP contribution is -2.40. The summed E-state index contributed by atoms with van der Waals surface area (Å²) in [7, 11) is 0. The third kappa shape index (κ3) is 2.25. The number of carboxylic acids is 1. The molecule has 1 saturated heterocycles. The van der Waals surface area contributed by atoms with Crippen LogP contribution in [0.15, 0.2) is 29.0 Å². The number of nitrogens with zero attached hydrogens (tertiary/aromatic N) is 3. The van der Waals surface area contributed by atoms with Gasteiger partial charge in [-0.3, -0.25) is 9.69 Å². The van der Waals surface area contributed by atoms with Gasteiger partial charge in [-0.1, -0.05) is 6.42 Å². The summed E-state index contributed by atoms with van der Waals surface area (Å²) in [6, 6.07) is 3.96. The van der Waals surface area contributed by atoms with Gasteiger partial charge in [-0.25, -0.2) is 4.98 Å². The highest BCUT2D eigenvalue weighted by Gasteiger charge is 2.53. The Kier molecular flexibility index (Phi) is 3.27. The fourth-order valence-electron chi connectivity index (χ4n) is 3.99. The van der Waals surface area contributed by atoms with Crippen molar-refractivity contribution in [2.24, 2.45) is 11.3 Å². The van der Waals surface area contributed by atoms with Crippen molar-refractivity contribution in [1.29, 1.82) is 0 Å². The van der Waals surface area contributed by atoms with E-state index in [9.17, 15) is 9.90 Å². The Bertz CT molecular complexity index is 738. The Labute approximate surface area is 137 Å². The van der Waals surface area contributed by atoms with E-state index in [4.69, 9.17) is 0 Å². The quantitative estimate of drug-likeness (QED) is 0.910. The first-order chi connectivity index (χ1) is 10.6. The highest BCUT2D eigenvalue weighted by atomic mass is 79.9. The molecule has 0 radical (unpaired) electrons. The van der Waals surface area contributed by atoms with E-state index in [1.165, 1.54) is 6.42 Å². The molecule has 1 aliphatic carbocycles. The Morgan fingerprint density at radius 3 is 2.86 bits per heavy atom. The Morgan fingerprint density at radius 1 is 1.41 bits per heavy atom. The normalized spacial score (nSPS) is 24.0. The third-order valence-corrected chi connectivity index (χ3v) is 5.69. The van der Waals surface area contributed by atoms with Crippen LogP contribution in [0.2, 0.25) is 0 Å². The van der Waals surface area contributed by atoms with E-state index in [-0.39, 0.29) is 11.3 Å². The molecular formula is C16H18BrN3O2. The minimum absolute atomic E-state index is 0.0218. The molecule has 4 rings (SSSR count). The molecule has 0 aromatic carbocycles. The van der Waals surface area contributed by atoms with Crippen LogP contribution < -0.4 is 0 Å². The van der Waals surface area contributed by atoms with Gasteiger partial charge in [-0.05, 0) is 46.3 Å². The zero-order chi connectivity index (χ0) is 15.3. The van der Waals surface area contributed by atoms with E-state index < -0.39 is 5.97 Å². The van der Waals surface area contributed by atoms with Gasteiger partial charge in [0.15, 0.2) is 0 Å². The lowest BCUT2D eigenvalue weighted by Gasteiger charge is -2.41. The van der Waals surface area contributed by atoms with Crippen LogP contribution in [0, 0.1) is 11.3 Å². The van der Waals surface area contributed by atoms with Gasteiger partial charge >= 0.3 is 5.97 Å². The number of fused-ring (bicyclic) bond motifs is 1. The number of pyridine rings is 1. The van der Waals surface area contributed by atoms with Crippen LogP contribution >= 0.6 is 15.9 Å². The topological polar surface area (TPSA) is 57.8 Å². The molecule has 1 N–H and O–H groups in total. The molecule has 2 aromatic rings. The summed E-state index contributed by atoms with van der Waals surface area (Å²) in [6.45, 7) is 2.26. The summed E-state index contributed by atoms with van der Waals surface area (Å²) >= 11 is 3.46. The molecule has 2 aliphatic rings. The number of aromatic nitrogens is 2. The number of aliphatic carboxylic acids is 1. The molecule has 0 bridgehead atoms. The summed E-state index contributed by atoms with van der Waals surface area (Å²) in [5.74, 6) is -0.853. The van der Waals surface area contributed by atoms with Crippen molar-refractivity contribution < 1.29 is 9.90 Å². The van der Waals surface area contributed by atoms with E-state index in [1.807, 2.05) is 28.9 Å². The van der Waals surface area contributed by atoms with Crippen LogP contribution in [0.3, 0.4) is 0 Å². The monoisotopic (exact) mass is 363 g/mol. The fourth-order valence-corrected chi connectivity index (χ4v) is 4.35. The Balaban J connectivity index is 1.54. The van der Waals surface area contributed by atoms with Crippen LogP contribution in [-0.4, -0.2) is 38.4 Å². The average molecular weight is 364 g/mol. The number of hydrogen-bond acceptors (Lipinski definition) is 3. The summed E-state index contributed by atoms with van der Waals surface area (Å²) in [5.41, 5.74) is 1.94. The SMILES string of the molecule is O=C(O)C1CN(Cc2cn3cc(Br)ccc3n2)CC12CCC2. The molecule has 2 aromatic heterocycles. The molecule has 5 nitrogen and oxygen atoms in total. The lowest BCUT2D eigenvalue weighted by molar-refractivity contribution is -0.146. The Hall–Kier alpha value is -1.40. The van der Waals surface area contributed by atoms with Crippen molar-refractivity contribution in [3.05, 3.63) is 34.7 Å². The molecule has 1 unspecified atom stereocenters. The molecule has 1 atom stereocenters. The lowest BCUT2D eigenvalue weighted by atomic mass is 9.63. The van der Waals surface area contributed by atoms with Crippen molar-refractivity contribution in [1.82, 2.24) is 14.3 Å². The van der Waals surface area contributed by atoms with E-state index in [2.05, 4.69) is 25.8 Å². The second-order valence-corrected chi connectivity index (χ2v) is 7.54. The predicted molar refractivity (Wildman–Crippen MR) is 85.6 cm³/mol. The summed E-state index contributed by atoms with van der Waals surface area (Å²) in [6.07, 6.45) is 7.29. The smallest absolute Gasteiger partial charge is 0.308 e. The second kappa shape index (κ2) is 5.06. The van der Waals surface area contributed by atoms with Crippen LogP contribution in [0.25, 0.3) is 5.65 Å². The first-order valence-corrected chi connectivity index (χ1v) is 8.43. The first-order valence-electron chi connectivity index (χ1n) is 7.64. The van der Waals surface area contributed by atoms with Gasteiger partial charge in [-0.2, -0.15) is 0 Å². The fraction of sp³-hybridized carbons (Fsp3) is 0.500. The maximum absolute atomic E-state index is 11.5. The molecule has 6 heteroatoms. The highest BCUT2D eigenvalue weighted by molar-refractivity contribution is 9.10. The second-order valence-electron chi connectivity index (χ2n) is 6.62. The predicted octanol–water partition coefficient (Wildman–Crippen LogP) is 2.78. The van der Waals surface area contributed by atoms with Crippen molar-refractivity contribution in [2.45, 2.75) is 25.8 Å². The standard InChI is InChI=1S/C16H18BrN3O2/c17-11-2-3-14-18-12(8-20(14)6-11)7-19-9-13(15(21)22)16(10-19)4-1-5-16/h2-3,6,8,13H,1,4-5,7,9-10H2,(H,21,22). The molecular weight excluding hydrogens is 346 g/mol. The van der Waals surface area contributed by atoms with Crippen LogP contribution in [-0.2, 0) is 11.3 Å². The number of likely N-dealkylation sites (tertiary alicyclic amines) is 1. The van der Waals surface area contributed by atoms with E-state index in [0.717, 1.165) is 41.7 Å². The van der Waals surface area contributed by atoms with E-state index in [0.29, 0.717) is 6.54 Å². The van der Waals surface area contributed by atoms with Crippen molar-refractivity contribution >= 4 is 27.5 Å². The number of carboxylic acid groups (broad SMARTS) is 1. The van der Waals surface area contributed by atoms with Crippen molar-refractivity contribution in [3.63, 3.8) is 0 Å². The van der Waals surface area contributed by atoms with Crippen molar-refractivity contribution in [2.75, 3.05) is 13.1 Å². The molecule has 1 aliphatic heterocycles. The maximum atomic E-state index is 11.5. The number of hydrogen-bond donors (Lipinski definition) is 1. The third-order valence-electron chi connectivity index (χ3n) is 5.22. The van der Waals surface area contributed by atoms with Crippen LogP contribution in [0.5, 0.6) is 0 Å². The highest BCUT2D eigenvalue weighted by Crippen LogP contribution is 2.51. The number of imidazole rings is 1. The van der Waals surface area contributed by atoms with Gasteiger partial charge in [-0.15, -0.1) is 0 Å². The minimum atomic E-state index is -0.638. The molecule has 3 heterocycles. The van der Waals surface area contributed by atoms with E-state index in [1.54, 1.807) is 0 Å². The number of rotatable bonds is 3. The Morgan fingerprint density at radius 2 is 2.23 bits per heavy atom. The molecule has 116 valence electrons. The van der Waals surface area contributed by atoms with Gasteiger partial charge in [0.25, 0.3) is 0 Å². The molecule has 2 fully saturated rings. The van der Waals surface area contributed by atoms with Gasteiger partial charge in [0.1, 0.15) is 5.65 Å². The van der Waals surface area contributed by atoms with Crippen LogP contribution in [0.1, 0.15) is 25.0 Å². The average Bonchev–Trinajstić information content (AvgIpc) is 2.99. The van der Waals surface area contributed by atoms with Crippen molar-refractivity contribution in [3.8, 4) is 0 Å². The van der Waals surface area contributed by atoms with Gasteiger partial charge in [0.05, 0.1) is 11.6 Å². The van der Waals surface area contributed by atoms with E-state index >= 15 is 0 Å². The molecule has 1 saturated carbocycles. The van der Waals surface area contributed by atoms with Gasteiger partial charge in [0, 0.05) is 36.5 Å².